The lowest BCUT2D eigenvalue weighted by molar-refractivity contribution is -0.368. The molecular formula is C30H47N6O11S4-. The largest absolute Gasteiger partial charge is 0.748 e. The van der Waals surface area contributed by atoms with Crippen LogP contribution in [0.2, 0.25) is 0 Å². The number of nitrogens with one attached hydrogen (secondary N) is 4. The molecule has 1 aromatic rings. The molecule has 7 N–H and O–H groups in total. The van der Waals surface area contributed by atoms with Crippen molar-refractivity contribution in [2.24, 2.45) is 0 Å². The van der Waals surface area contributed by atoms with Gasteiger partial charge in [0.05, 0.1) is 41.8 Å². The van der Waals surface area contributed by atoms with E-state index in [0.29, 0.717) is 24.4 Å². The highest BCUT2D eigenvalue weighted by Gasteiger charge is 2.30. The molecular weight excluding hydrogens is 749 g/mol. The maximum Gasteiger partial charge on any atom is 0.306 e. The molecule has 0 saturated heterocycles. The molecule has 288 valence electrons. The number of ether oxygens (including phenoxy) is 1. The number of unbranched alkanes of at least 4 members (excludes halogenated alkanes) is 1. The van der Waals surface area contributed by atoms with Gasteiger partial charge in [-0.05, 0) is 75.4 Å². The maximum absolute atomic E-state index is 13.6. The quantitative estimate of drug-likeness (QED) is 0.0265. The zero-order chi connectivity index (χ0) is 38.2. The van der Waals surface area contributed by atoms with Crippen molar-refractivity contribution >= 4 is 78.9 Å². The van der Waals surface area contributed by atoms with Crippen LogP contribution in [0.5, 0.6) is 0 Å². The smallest absolute Gasteiger partial charge is 0.306 e. The Morgan fingerprint density at radius 2 is 1.57 bits per heavy atom. The number of carbonyl (C=O) groups is 6. The summed E-state index contributed by atoms with van der Waals surface area (Å²) in [7, 11) is -0.408. The Bertz CT molecular complexity index is 1380. The molecule has 4 atom stereocenters. The first-order valence-electron chi connectivity index (χ1n) is 16.1. The summed E-state index contributed by atoms with van der Waals surface area (Å²) < 4.78 is 36.9. The zero-order valence-electron chi connectivity index (χ0n) is 28.6. The molecule has 0 aliphatic carbocycles. The van der Waals surface area contributed by atoms with Crippen LogP contribution in [0.3, 0.4) is 0 Å². The summed E-state index contributed by atoms with van der Waals surface area (Å²) >= 11 is 1.19. The average molecular weight is 796 g/mol. The van der Waals surface area contributed by atoms with E-state index in [4.69, 9.17) is 4.74 Å². The summed E-state index contributed by atoms with van der Waals surface area (Å²) in [5, 5.41) is 22.4. The number of carboxylic acid groups (broad SMARTS) is 1. The topological polar surface area (TPSA) is 281 Å². The third-order valence-electron chi connectivity index (χ3n) is 6.92. The fourth-order valence-electron chi connectivity index (χ4n) is 4.13. The van der Waals surface area contributed by atoms with Gasteiger partial charge in [-0.25, -0.2) is 13.4 Å². The summed E-state index contributed by atoms with van der Waals surface area (Å²) in [5.41, 5.74) is 3.80. The van der Waals surface area contributed by atoms with Crippen molar-refractivity contribution in [2.75, 3.05) is 43.2 Å². The van der Waals surface area contributed by atoms with E-state index in [-0.39, 0.29) is 61.8 Å². The monoisotopic (exact) mass is 795 g/mol. The number of carbonyl (C=O) groups excluding carboxylic acids is 6. The zero-order valence-corrected chi connectivity index (χ0v) is 31.9. The number of amides is 3. The van der Waals surface area contributed by atoms with Crippen LogP contribution in [-0.2, 0) is 43.6 Å². The highest BCUT2D eigenvalue weighted by molar-refractivity contribution is 8.76. The minimum atomic E-state index is -4.40. The van der Waals surface area contributed by atoms with Crippen LogP contribution >= 0.6 is 33.3 Å². The molecule has 3 amide bonds. The fourth-order valence-corrected chi connectivity index (χ4v) is 7.70. The lowest BCUT2D eigenvalue weighted by atomic mass is 10.1. The summed E-state index contributed by atoms with van der Waals surface area (Å²) in [6.07, 6.45) is 2.41. The standard InChI is InChI=1S/C30H48N6O11S4/c1-20(37)23(18-48-16-12-27(40)47-15-7-17-51(44,45)46)35-30(43)24(19-49-50-25-9-4-6-14-33-25)36-29(42)22(8-3-5-13-31)34-28(41)21(32-2)10-11-26(38)39/h4,6,9,14,21-24,32H,3,5,7-8,10-13,15-19,31H2,1-2H3,(H,34,41)(H,35,43)(H,36,42)(H,38,39)(H,44,45,46)/p-1. The second-order valence-corrected chi connectivity index (χ2v) is 16.1. The van der Waals surface area contributed by atoms with E-state index in [0.717, 1.165) is 0 Å². The van der Waals surface area contributed by atoms with Gasteiger partial charge >= 0.3 is 5.97 Å². The lowest BCUT2D eigenvalue weighted by Crippen LogP contribution is -2.58. The number of pyridine rings is 1. The molecule has 1 aromatic heterocycles. The summed E-state index contributed by atoms with van der Waals surface area (Å²) in [6, 6.07) is 1.23. The van der Waals surface area contributed by atoms with Crippen LogP contribution in [0.4, 0.5) is 0 Å². The van der Waals surface area contributed by atoms with Gasteiger partial charge in [-0.15, -0.1) is 0 Å². The molecule has 0 fully saturated rings. The first-order valence-corrected chi connectivity index (χ1v) is 21.2. The number of rotatable bonds is 28. The van der Waals surface area contributed by atoms with Gasteiger partial charge in [0.2, 0.25) is 17.7 Å². The van der Waals surface area contributed by atoms with Gasteiger partial charge in [0, 0.05) is 35.2 Å². The van der Waals surface area contributed by atoms with Crippen molar-refractivity contribution in [2.45, 2.75) is 81.1 Å². The Morgan fingerprint density at radius 3 is 2.18 bits per heavy atom. The molecule has 17 nitrogen and oxygen atoms in total. The number of hydrogen-bond acceptors (Lipinski definition) is 16. The molecule has 0 radical (unpaired) electrons. The van der Waals surface area contributed by atoms with Gasteiger partial charge in [-0.1, -0.05) is 16.9 Å². The Morgan fingerprint density at radius 1 is 0.902 bits per heavy atom. The van der Waals surface area contributed by atoms with Gasteiger partial charge in [-0.2, -0.15) is 11.8 Å². The first-order chi connectivity index (χ1) is 24.2. The third kappa shape index (κ3) is 21.9. The van der Waals surface area contributed by atoms with Crippen LogP contribution in [0.25, 0.3) is 0 Å². The maximum atomic E-state index is 13.6. The molecule has 1 rings (SSSR count). The lowest BCUT2D eigenvalue weighted by Gasteiger charge is -2.26. The Hall–Kier alpha value is -2.95. The summed E-state index contributed by atoms with van der Waals surface area (Å²) in [4.78, 5) is 79.7. The first kappa shape index (κ1) is 46.1. The molecule has 21 heteroatoms. The number of thioether (sulfide) groups is 1. The van der Waals surface area contributed by atoms with E-state index in [1.165, 1.54) is 47.3 Å². The predicted molar refractivity (Wildman–Crippen MR) is 190 cm³/mol. The summed E-state index contributed by atoms with van der Waals surface area (Å²) in [5.74, 6) is -4.48. The molecule has 0 bridgehead atoms. The highest BCUT2D eigenvalue weighted by atomic mass is 33.1. The molecule has 0 aliphatic rings. The predicted octanol–water partition coefficient (Wildman–Crippen LogP) is -2.00. The Balaban J connectivity index is 2.98. The number of likely N-dealkylation sites (N-methyl/N-ethyl adjacent to an activating group) is 1. The van der Waals surface area contributed by atoms with Gasteiger partial charge in [0.25, 0.3) is 0 Å². The molecule has 0 saturated carbocycles. The number of aromatic nitrogens is 1. The van der Waals surface area contributed by atoms with Crippen molar-refractivity contribution in [1.82, 2.24) is 26.3 Å². The fraction of sp³-hybridized carbons (Fsp3) is 0.633. The van der Waals surface area contributed by atoms with E-state index in [1.807, 2.05) is 0 Å². The number of Topliss-reactive ketones (excluding diaryl/α,β-unsaturated/α-hetero) is 1. The van der Waals surface area contributed by atoms with Crippen molar-refractivity contribution in [3.8, 4) is 0 Å². The number of hydrogen-bond donors (Lipinski definition) is 5. The Labute approximate surface area is 310 Å². The second-order valence-electron chi connectivity index (χ2n) is 11.1. The number of nitrogens with zero attached hydrogens (tertiary/aromatic N) is 1. The highest BCUT2D eigenvalue weighted by Crippen LogP contribution is 2.29. The number of quaternary nitrogens is 1. The molecule has 51 heavy (non-hydrogen) atoms. The van der Waals surface area contributed by atoms with E-state index in [9.17, 15) is 46.8 Å². The van der Waals surface area contributed by atoms with Gasteiger partial charge in [0.15, 0.2) is 5.78 Å². The molecule has 0 aliphatic heterocycles. The van der Waals surface area contributed by atoms with Gasteiger partial charge < -0.3 is 46.2 Å². The molecule has 0 aromatic carbocycles. The van der Waals surface area contributed by atoms with Crippen LogP contribution in [0, 0.1) is 0 Å². The molecule has 4 unspecified atom stereocenters. The van der Waals surface area contributed by atoms with E-state index in [1.54, 1.807) is 24.4 Å². The van der Waals surface area contributed by atoms with E-state index < -0.39 is 69.7 Å². The average Bonchev–Trinajstić information content (AvgIpc) is 3.07. The van der Waals surface area contributed by atoms with Gasteiger partial charge in [-0.3, -0.25) is 24.0 Å². The number of ketones is 1. The van der Waals surface area contributed by atoms with Crippen LogP contribution in [-0.4, -0.2) is 121 Å². The number of carboxylic acids is 1. The van der Waals surface area contributed by atoms with Crippen LogP contribution in [0.15, 0.2) is 29.4 Å². The van der Waals surface area contributed by atoms with Crippen molar-refractivity contribution in [3.63, 3.8) is 0 Å². The van der Waals surface area contributed by atoms with Crippen LogP contribution < -0.4 is 32.1 Å². The molecule has 0 spiro atoms. The normalized spacial score (nSPS) is 13.6. The van der Waals surface area contributed by atoms with Crippen molar-refractivity contribution < 1.29 is 57.3 Å². The SMILES string of the molecule is CNC(CCC(=O)[O-])C(=O)NC(CCCC[NH3+])C(=O)NC(CSSc1ccccn1)C(=O)NC(CSCCC(=O)OCCCS(=O)(=O)[O-])C(C)=O. The van der Waals surface area contributed by atoms with Crippen molar-refractivity contribution in [1.29, 1.82) is 0 Å². The third-order valence-corrected chi connectivity index (χ3v) is 11.0. The minimum absolute atomic E-state index is 0.0559. The van der Waals surface area contributed by atoms with E-state index in [2.05, 4.69) is 32.0 Å². The number of esters is 1. The molecule has 1 heterocycles. The van der Waals surface area contributed by atoms with Crippen LogP contribution in [0.1, 0.15) is 51.9 Å². The summed E-state index contributed by atoms with van der Waals surface area (Å²) in [6.45, 7) is 1.66. The minimum Gasteiger partial charge on any atom is -0.748 e. The second kappa shape index (κ2) is 25.9. The Kier molecular flexibility index (Phi) is 23.4. The number of aliphatic carboxylic acids is 1. The van der Waals surface area contributed by atoms with Crippen molar-refractivity contribution in [3.05, 3.63) is 24.4 Å². The van der Waals surface area contributed by atoms with Gasteiger partial charge in [0.1, 0.15) is 17.1 Å². The van der Waals surface area contributed by atoms with E-state index >= 15 is 0 Å².